The molecule has 0 amide bonds. The van der Waals surface area contributed by atoms with Crippen LogP contribution in [0.3, 0.4) is 0 Å². The molecule has 1 aliphatic heterocycles. The van der Waals surface area contributed by atoms with Crippen molar-refractivity contribution in [3.8, 4) is 11.3 Å². The second-order valence-electron chi connectivity index (χ2n) is 5.42. The maximum absolute atomic E-state index is 11.9. The maximum atomic E-state index is 11.9. The summed E-state index contributed by atoms with van der Waals surface area (Å²) in [4.78, 5) is 32.1. The second-order valence-corrected chi connectivity index (χ2v) is 5.42. The molecule has 6 heteroatoms. The molecule has 0 unspecified atom stereocenters. The number of nitrogens with zero attached hydrogens (tertiary/aromatic N) is 2. The van der Waals surface area contributed by atoms with E-state index in [4.69, 9.17) is 5.11 Å². The Morgan fingerprint density at radius 3 is 2.55 bits per heavy atom. The van der Waals surface area contributed by atoms with Crippen molar-refractivity contribution in [2.45, 2.75) is 12.8 Å². The number of benzene rings is 1. The van der Waals surface area contributed by atoms with E-state index in [0.717, 1.165) is 5.56 Å². The van der Waals surface area contributed by atoms with Gasteiger partial charge in [-0.1, -0.05) is 30.3 Å². The molecule has 114 valence electrons. The fourth-order valence-corrected chi connectivity index (χ4v) is 2.69. The predicted octanol–water partition coefficient (Wildman–Crippen LogP) is 1.74. The Morgan fingerprint density at radius 1 is 1.23 bits per heavy atom. The smallest absolute Gasteiger partial charge is 0.306 e. The van der Waals surface area contributed by atoms with Crippen LogP contribution >= 0.6 is 0 Å². The number of piperidine rings is 1. The van der Waals surface area contributed by atoms with Crippen molar-refractivity contribution >= 4 is 11.9 Å². The third-order valence-corrected chi connectivity index (χ3v) is 3.94. The fourth-order valence-electron chi connectivity index (χ4n) is 2.69. The number of nitrogens with one attached hydrogen (secondary N) is 1. The summed E-state index contributed by atoms with van der Waals surface area (Å²) in [6.45, 7) is 1.16. The number of aliphatic carboxylic acids is 1. The van der Waals surface area contributed by atoms with Gasteiger partial charge in [-0.2, -0.15) is 0 Å². The van der Waals surface area contributed by atoms with E-state index in [-0.39, 0.29) is 11.5 Å². The maximum Gasteiger partial charge on any atom is 0.306 e. The molecule has 0 radical (unpaired) electrons. The first-order chi connectivity index (χ1) is 10.6. The van der Waals surface area contributed by atoms with Gasteiger partial charge < -0.3 is 10.0 Å². The zero-order valence-corrected chi connectivity index (χ0v) is 12.0. The summed E-state index contributed by atoms with van der Waals surface area (Å²) in [6, 6.07) is 11.0. The number of aromatic amines is 1. The lowest BCUT2D eigenvalue weighted by Gasteiger charge is -2.30. The fraction of sp³-hybridized carbons (Fsp3) is 0.312. The summed E-state index contributed by atoms with van der Waals surface area (Å²) in [5, 5.41) is 9.04. The highest BCUT2D eigenvalue weighted by Gasteiger charge is 2.25. The number of carboxylic acid groups (broad SMARTS) is 1. The second kappa shape index (κ2) is 6.01. The van der Waals surface area contributed by atoms with Gasteiger partial charge in [0.05, 0.1) is 11.6 Å². The first kappa shape index (κ1) is 14.3. The summed E-state index contributed by atoms with van der Waals surface area (Å²) >= 11 is 0. The van der Waals surface area contributed by atoms with E-state index in [1.165, 1.54) is 6.07 Å². The number of hydrogen-bond donors (Lipinski definition) is 2. The molecular formula is C16H17N3O3. The Labute approximate surface area is 127 Å². The van der Waals surface area contributed by atoms with Crippen molar-refractivity contribution in [2.75, 3.05) is 18.0 Å². The van der Waals surface area contributed by atoms with Gasteiger partial charge in [-0.25, -0.2) is 4.98 Å². The first-order valence-corrected chi connectivity index (χ1v) is 7.28. The van der Waals surface area contributed by atoms with E-state index in [2.05, 4.69) is 9.97 Å². The molecule has 0 atom stereocenters. The number of anilines is 1. The van der Waals surface area contributed by atoms with Gasteiger partial charge in [-0.15, -0.1) is 0 Å². The molecular weight excluding hydrogens is 282 g/mol. The van der Waals surface area contributed by atoms with Gasteiger partial charge in [0.25, 0.3) is 5.56 Å². The van der Waals surface area contributed by atoms with Crippen molar-refractivity contribution < 1.29 is 9.90 Å². The third kappa shape index (κ3) is 3.00. The molecule has 1 fully saturated rings. The Morgan fingerprint density at radius 2 is 1.91 bits per heavy atom. The van der Waals surface area contributed by atoms with E-state index >= 15 is 0 Å². The van der Waals surface area contributed by atoms with Gasteiger partial charge in [0.2, 0.25) is 5.95 Å². The monoisotopic (exact) mass is 299 g/mol. The molecule has 1 aromatic carbocycles. The van der Waals surface area contributed by atoms with Crippen LogP contribution in [0.2, 0.25) is 0 Å². The number of H-pyrrole nitrogens is 1. The first-order valence-electron chi connectivity index (χ1n) is 7.28. The highest BCUT2D eigenvalue weighted by Crippen LogP contribution is 2.22. The number of rotatable bonds is 3. The summed E-state index contributed by atoms with van der Waals surface area (Å²) in [6.07, 6.45) is 1.13. The molecule has 1 aliphatic rings. The van der Waals surface area contributed by atoms with Crippen molar-refractivity contribution in [3.05, 3.63) is 46.8 Å². The number of hydrogen-bond acceptors (Lipinski definition) is 4. The van der Waals surface area contributed by atoms with Crippen molar-refractivity contribution in [2.24, 2.45) is 5.92 Å². The molecule has 1 aromatic heterocycles. The van der Waals surface area contributed by atoms with Crippen LogP contribution < -0.4 is 10.5 Å². The molecule has 22 heavy (non-hydrogen) atoms. The molecule has 6 nitrogen and oxygen atoms in total. The Balaban J connectivity index is 1.85. The van der Waals surface area contributed by atoms with E-state index in [1.807, 2.05) is 35.2 Å². The van der Waals surface area contributed by atoms with Crippen LogP contribution in [0, 0.1) is 5.92 Å². The Bertz CT molecular complexity index is 719. The van der Waals surface area contributed by atoms with Gasteiger partial charge in [-0.3, -0.25) is 14.6 Å². The zero-order valence-electron chi connectivity index (χ0n) is 12.0. The van der Waals surface area contributed by atoms with Crippen LogP contribution in [0.15, 0.2) is 41.2 Å². The molecule has 0 spiro atoms. The molecule has 1 saturated heterocycles. The number of aromatic nitrogens is 2. The van der Waals surface area contributed by atoms with E-state index in [9.17, 15) is 9.59 Å². The summed E-state index contributed by atoms with van der Waals surface area (Å²) < 4.78 is 0. The third-order valence-electron chi connectivity index (χ3n) is 3.94. The minimum atomic E-state index is -0.751. The highest BCUT2D eigenvalue weighted by atomic mass is 16.4. The summed E-state index contributed by atoms with van der Waals surface area (Å²) in [7, 11) is 0. The van der Waals surface area contributed by atoms with Gasteiger partial charge in [0.15, 0.2) is 0 Å². The molecule has 0 bridgehead atoms. The van der Waals surface area contributed by atoms with E-state index in [0.29, 0.717) is 37.6 Å². The molecule has 2 heterocycles. The van der Waals surface area contributed by atoms with Crippen LogP contribution in [-0.4, -0.2) is 34.1 Å². The normalized spacial score (nSPS) is 15.7. The minimum Gasteiger partial charge on any atom is -0.481 e. The molecule has 2 aromatic rings. The standard InChI is InChI=1S/C16H17N3O3/c20-14-10-13(11-4-2-1-3-5-11)17-16(18-14)19-8-6-12(7-9-19)15(21)22/h1-5,10,12H,6-9H2,(H,21,22)(H,17,18,20). The number of carboxylic acids is 1. The van der Waals surface area contributed by atoms with Crippen LogP contribution in [0.4, 0.5) is 5.95 Å². The van der Waals surface area contributed by atoms with E-state index < -0.39 is 5.97 Å². The lowest BCUT2D eigenvalue weighted by atomic mass is 9.97. The lowest BCUT2D eigenvalue weighted by molar-refractivity contribution is -0.142. The Kier molecular flexibility index (Phi) is 3.91. The van der Waals surface area contributed by atoms with Gasteiger partial charge in [0, 0.05) is 24.7 Å². The Hall–Kier alpha value is -2.63. The van der Waals surface area contributed by atoms with Crippen LogP contribution in [0.1, 0.15) is 12.8 Å². The van der Waals surface area contributed by atoms with Crippen LogP contribution in [0.25, 0.3) is 11.3 Å². The SMILES string of the molecule is O=C(O)C1CCN(c2nc(-c3ccccc3)cc(=O)[nH]2)CC1. The topological polar surface area (TPSA) is 86.3 Å². The van der Waals surface area contributed by atoms with Gasteiger partial charge in [-0.05, 0) is 12.8 Å². The molecule has 3 rings (SSSR count). The highest BCUT2D eigenvalue weighted by molar-refractivity contribution is 5.70. The van der Waals surface area contributed by atoms with Crippen molar-refractivity contribution in [1.82, 2.24) is 9.97 Å². The van der Waals surface area contributed by atoms with Gasteiger partial charge in [0.1, 0.15) is 0 Å². The predicted molar refractivity (Wildman–Crippen MR) is 82.9 cm³/mol. The molecule has 0 aliphatic carbocycles. The molecule has 0 saturated carbocycles. The quantitative estimate of drug-likeness (QED) is 0.901. The van der Waals surface area contributed by atoms with Crippen molar-refractivity contribution in [1.29, 1.82) is 0 Å². The minimum absolute atomic E-state index is 0.204. The average Bonchev–Trinajstić information content (AvgIpc) is 2.55. The lowest BCUT2D eigenvalue weighted by Crippen LogP contribution is -2.38. The molecule has 2 N–H and O–H groups in total. The van der Waals surface area contributed by atoms with Gasteiger partial charge >= 0.3 is 5.97 Å². The average molecular weight is 299 g/mol. The van der Waals surface area contributed by atoms with Crippen LogP contribution in [0.5, 0.6) is 0 Å². The largest absolute Gasteiger partial charge is 0.481 e. The van der Waals surface area contributed by atoms with Crippen molar-refractivity contribution in [3.63, 3.8) is 0 Å². The van der Waals surface area contributed by atoms with E-state index in [1.54, 1.807) is 0 Å². The number of carbonyl (C=O) groups is 1. The van der Waals surface area contributed by atoms with Crippen LogP contribution in [-0.2, 0) is 4.79 Å². The summed E-state index contributed by atoms with van der Waals surface area (Å²) in [5.74, 6) is -0.547. The summed E-state index contributed by atoms with van der Waals surface area (Å²) in [5.41, 5.74) is 1.30. The zero-order chi connectivity index (χ0) is 15.5.